The first-order valence-corrected chi connectivity index (χ1v) is 8.10. The molecule has 0 aliphatic carbocycles. The van der Waals surface area contributed by atoms with Gasteiger partial charge in [-0.05, 0) is 18.2 Å². The van der Waals surface area contributed by atoms with Crippen molar-refractivity contribution in [2.24, 2.45) is 0 Å². The molecule has 2 aromatic heterocycles. The molecule has 1 aromatic carbocycles. The topological polar surface area (TPSA) is 95.3 Å². The number of ether oxygens (including phenoxy) is 2. The van der Waals surface area contributed by atoms with E-state index in [0.29, 0.717) is 22.9 Å². The van der Waals surface area contributed by atoms with Gasteiger partial charge in [-0.1, -0.05) is 0 Å². The van der Waals surface area contributed by atoms with Gasteiger partial charge in [0.15, 0.2) is 0 Å². The highest BCUT2D eigenvalue weighted by molar-refractivity contribution is 5.91. The number of pyridine rings is 1. The lowest BCUT2D eigenvalue weighted by Gasteiger charge is -2.11. The lowest BCUT2D eigenvalue weighted by Crippen LogP contribution is -2.29. The third kappa shape index (κ3) is 4.49. The van der Waals surface area contributed by atoms with Gasteiger partial charge in [0.05, 0.1) is 19.9 Å². The van der Waals surface area contributed by atoms with Crippen molar-refractivity contribution >= 4 is 11.6 Å². The second-order valence-electron chi connectivity index (χ2n) is 5.60. The molecule has 3 aromatic rings. The zero-order chi connectivity index (χ0) is 19.2. The van der Waals surface area contributed by atoms with E-state index in [9.17, 15) is 9.59 Å². The zero-order valence-corrected chi connectivity index (χ0v) is 14.9. The summed E-state index contributed by atoms with van der Waals surface area (Å²) in [5.41, 5.74) is 1.50. The Balaban J connectivity index is 1.79. The maximum atomic E-state index is 12.4. The third-order valence-corrected chi connectivity index (χ3v) is 3.77. The van der Waals surface area contributed by atoms with Gasteiger partial charge in [0, 0.05) is 47.9 Å². The second-order valence-corrected chi connectivity index (χ2v) is 5.60. The summed E-state index contributed by atoms with van der Waals surface area (Å²) in [5.74, 6) is 0.686. The van der Waals surface area contributed by atoms with Gasteiger partial charge < -0.3 is 14.8 Å². The molecule has 0 fully saturated rings. The van der Waals surface area contributed by atoms with Crippen LogP contribution in [0.4, 0.5) is 5.69 Å². The number of anilines is 1. The SMILES string of the molecule is COc1cc(NC(=O)Cn2nc(-c3ccncc3)ccc2=O)cc(OC)c1. The van der Waals surface area contributed by atoms with Gasteiger partial charge in [-0.3, -0.25) is 14.6 Å². The summed E-state index contributed by atoms with van der Waals surface area (Å²) in [6.07, 6.45) is 3.27. The predicted molar refractivity (Wildman–Crippen MR) is 99.9 cm³/mol. The number of aromatic nitrogens is 3. The van der Waals surface area contributed by atoms with Gasteiger partial charge in [0.1, 0.15) is 18.0 Å². The molecule has 1 amide bonds. The highest BCUT2D eigenvalue weighted by Crippen LogP contribution is 2.25. The molecular weight excluding hydrogens is 348 g/mol. The van der Waals surface area contributed by atoms with E-state index in [-0.39, 0.29) is 12.1 Å². The van der Waals surface area contributed by atoms with Crippen LogP contribution in [0.1, 0.15) is 0 Å². The number of nitrogens with zero attached hydrogens (tertiary/aromatic N) is 3. The van der Waals surface area contributed by atoms with E-state index in [2.05, 4.69) is 15.4 Å². The average Bonchev–Trinajstić information content (AvgIpc) is 2.69. The zero-order valence-electron chi connectivity index (χ0n) is 14.9. The van der Waals surface area contributed by atoms with E-state index >= 15 is 0 Å². The highest BCUT2D eigenvalue weighted by atomic mass is 16.5. The van der Waals surface area contributed by atoms with Crippen LogP contribution in [0.15, 0.2) is 59.7 Å². The standard InChI is InChI=1S/C19H18N4O4/c1-26-15-9-14(10-16(11-15)27-2)21-18(24)12-23-19(25)4-3-17(22-23)13-5-7-20-8-6-13/h3-11H,12H2,1-2H3,(H,21,24). The first kappa shape index (κ1) is 18.1. The minimum absolute atomic E-state index is 0.225. The Hall–Kier alpha value is -3.68. The molecule has 0 saturated carbocycles. The number of rotatable bonds is 6. The summed E-state index contributed by atoms with van der Waals surface area (Å²) < 4.78 is 11.5. The molecule has 8 nitrogen and oxygen atoms in total. The highest BCUT2D eigenvalue weighted by Gasteiger charge is 2.10. The Morgan fingerprint density at radius 1 is 1.04 bits per heavy atom. The molecule has 0 bridgehead atoms. The van der Waals surface area contributed by atoms with Crippen molar-refractivity contribution in [3.8, 4) is 22.8 Å². The van der Waals surface area contributed by atoms with Crippen molar-refractivity contribution in [1.29, 1.82) is 0 Å². The molecule has 8 heteroatoms. The third-order valence-electron chi connectivity index (χ3n) is 3.77. The van der Waals surface area contributed by atoms with Crippen molar-refractivity contribution in [2.45, 2.75) is 6.54 Å². The molecule has 0 radical (unpaired) electrons. The summed E-state index contributed by atoms with van der Waals surface area (Å²) in [7, 11) is 3.04. The number of benzene rings is 1. The van der Waals surface area contributed by atoms with Crippen LogP contribution in [0, 0.1) is 0 Å². The summed E-state index contributed by atoms with van der Waals surface area (Å²) >= 11 is 0. The first-order chi connectivity index (χ1) is 13.1. The normalized spacial score (nSPS) is 10.3. The van der Waals surface area contributed by atoms with Crippen LogP contribution >= 0.6 is 0 Å². The van der Waals surface area contributed by atoms with E-state index in [4.69, 9.17) is 9.47 Å². The number of hydrogen-bond donors (Lipinski definition) is 1. The van der Waals surface area contributed by atoms with Crippen molar-refractivity contribution in [3.63, 3.8) is 0 Å². The molecule has 27 heavy (non-hydrogen) atoms. The number of methoxy groups -OCH3 is 2. The summed E-state index contributed by atoms with van der Waals surface area (Å²) in [4.78, 5) is 28.4. The number of carbonyl (C=O) groups excluding carboxylic acids is 1. The van der Waals surface area contributed by atoms with Crippen LogP contribution in [-0.2, 0) is 11.3 Å². The van der Waals surface area contributed by atoms with Crippen LogP contribution in [0.5, 0.6) is 11.5 Å². The molecule has 0 atom stereocenters. The average molecular weight is 366 g/mol. The lowest BCUT2D eigenvalue weighted by molar-refractivity contribution is -0.117. The molecule has 0 aliphatic rings. The van der Waals surface area contributed by atoms with Gasteiger partial charge in [-0.2, -0.15) is 5.10 Å². The monoisotopic (exact) mass is 366 g/mol. The van der Waals surface area contributed by atoms with Crippen LogP contribution in [0.2, 0.25) is 0 Å². The molecular formula is C19H18N4O4. The fraction of sp³-hybridized carbons (Fsp3) is 0.158. The number of hydrogen-bond acceptors (Lipinski definition) is 6. The van der Waals surface area contributed by atoms with Crippen molar-refractivity contribution in [2.75, 3.05) is 19.5 Å². The molecule has 3 rings (SSSR count). The van der Waals surface area contributed by atoms with E-state index in [1.54, 1.807) is 48.8 Å². The smallest absolute Gasteiger partial charge is 0.267 e. The van der Waals surface area contributed by atoms with Crippen molar-refractivity contribution in [3.05, 3.63) is 65.2 Å². The maximum Gasteiger partial charge on any atom is 0.267 e. The Labute approximate surface area is 155 Å². The van der Waals surface area contributed by atoms with Gasteiger partial charge in [0.2, 0.25) is 5.91 Å². The van der Waals surface area contributed by atoms with E-state index in [0.717, 1.165) is 10.2 Å². The van der Waals surface area contributed by atoms with E-state index < -0.39 is 5.91 Å². The number of carbonyl (C=O) groups is 1. The quantitative estimate of drug-likeness (QED) is 0.717. The minimum Gasteiger partial charge on any atom is -0.497 e. The molecule has 2 heterocycles. The largest absolute Gasteiger partial charge is 0.497 e. The van der Waals surface area contributed by atoms with Gasteiger partial charge >= 0.3 is 0 Å². The van der Waals surface area contributed by atoms with E-state index in [1.165, 1.54) is 20.3 Å². The molecule has 1 N–H and O–H groups in total. The van der Waals surface area contributed by atoms with E-state index in [1.807, 2.05) is 0 Å². The van der Waals surface area contributed by atoms with Gasteiger partial charge in [-0.15, -0.1) is 0 Å². The molecule has 0 aliphatic heterocycles. The van der Waals surface area contributed by atoms with Crippen LogP contribution in [0.3, 0.4) is 0 Å². The molecule has 138 valence electrons. The molecule has 0 spiro atoms. The van der Waals surface area contributed by atoms with Gasteiger partial charge in [0.25, 0.3) is 5.56 Å². The van der Waals surface area contributed by atoms with Crippen molar-refractivity contribution in [1.82, 2.24) is 14.8 Å². The Bertz CT molecular complexity index is 980. The summed E-state index contributed by atoms with van der Waals surface area (Å²) in [5, 5.41) is 6.98. The fourth-order valence-corrected chi connectivity index (χ4v) is 2.45. The number of nitrogens with one attached hydrogen (secondary N) is 1. The molecule has 0 unspecified atom stereocenters. The Kier molecular flexibility index (Phi) is 5.46. The predicted octanol–water partition coefficient (Wildman–Crippen LogP) is 1.96. The number of amides is 1. The maximum absolute atomic E-state index is 12.4. The second kappa shape index (κ2) is 8.13. The van der Waals surface area contributed by atoms with Gasteiger partial charge in [-0.25, -0.2) is 4.68 Å². The Morgan fingerprint density at radius 2 is 1.70 bits per heavy atom. The van der Waals surface area contributed by atoms with Crippen LogP contribution in [0.25, 0.3) is 11.3 Å². The first-order valence-electron chi connectivity index (χ1n) is 8.10. The lowest BCUT2D eigenvalue weighted by atomic mass is 10.2. The van der Waals surface area contributed by atoms with Crippen LogP contribution in [-0.4, -0.2) is 34.9 Å². The summed E-state index contributed by atoms with van der Waals surface area (Å²) in [6.45, 7) is -0.225. The Morgan fingerprint density at radius 3 is 2.33 bits per heavy atom. The van der Waals surface area contributed by atoms with Crippen LogP contribution < -0.4 is 20.3 Å². The van der Waals surface area contributed by atoms with Crippen molar-refractivity contribution < 1.29 is 14.3 Å². The summed E-state index contributed by atoms with van der Waals surface area (Å²) in [6, 6.07) is 11.6. The minimum atomic E-state index is -0.396. The molecule has 0 saturated heterocycles. The fourth-order valence-electron chi connectivity index (χ4n) is 2.45.